The van der Waals surface area contributed by atoms with Crippen molar-refractivity contribution < 1.29 is 19.1 Å². The molecule has 0 fully saturated rings. The lowest BCUT2D eigenvalue weighted by molar-refractivity contribution is -0.141. The summed E-state index contributed by atoms with van der Waals surface area (Å²) in [6.45, 7) is 8.40. The highest BCUT2D eigenvalue weighted by molar-refractivity contribution is 5.88. The number of nitrogens with zero attached hydrogens (tertiary/aromatic N) is 1. The van der Waals surface area contributed by atoms with Gasteiger partial charge in [-0.2, -0.15) is 0 Å². The van der Waals surface area contributed by atoms with Gasteiger partial charge in [-0.15, -0.1) is 0 Å². The van der Waals surface area contributed by atoms with Gasteiger partial charge in [-0.05, 0) is 61.9 Å². The Morgan fingerprint density at radius 1 is 1.00 bits per heavy atom. The monoisotopic (exact) mass is 454 g/mol. The Morgan fingerprint density at radius 2 is 1.70 bits per heavy atom. The molecule has 1 N–H and O–H groups in total. The summed E-state index contributed by atoms with van der Waals surface area (Å²) < 4.78 is 10.7. The smallest absolute Gasteiger partial charge is 0.243 e. The summed E-state index contributed by atoms with van der Waals surface area (Å²) in [5.41, 5.74) is 3.13. The van der Waals surface area contributed by atoms with E-state index in [1.165, 1.54) is 0 Å². The van der Waals surface area contributed by atoms with Crippen LogP contribution in [0.5, 0.6) is 11.5 Å². The normalized spacial score (nSPS) is 12.5. The number of rotatable bonds is 12. The highest BCUT2D eigenvalue weighted by Crippen LogP contribution is 2.28. The fourth-order valence-electron chi connectivity index (χ4n) is 3.76. The number of hydrogen-bond donors (Lipinski definition) is 1. The molecular formula is C27H38N2O4. The van der Waals surface area contributed by atoms with Crippen LogP contribution < -0.4 is 14.8 Å². The van der Waals surface area contributed by atoms with Crippen molar-refractivity contribution in [2.45, 2.75) is 72.0 Å². The molecule has 0 spiro atoms. The van der Waals surface area contributed by atoms with E-state index >= 15 is 0 Å². The van der Waals surface area contributed by atoms with Crippen molar-refractivity contribution in [3.63, 3.8) is 0 Å². The Hall–Kier alpha value is -3.02. The molecule has 0 saturated carbocycles. The maximum Gasteiger partial charge on any atom is 0.243 e. The number of carbonyl (C=O) groups excluding carboxylic acids is 2. The predicted octanol–water partition coefficient (Wildman–Crippen LogP) is 4.67. The standard InChI is InChI=1S/C27H38N2O4/c1-7-20(4)28-27(31)23(8-2)29(18-22-12-10-9-11-19(22)3)26(30)16-14-21-13-15-24(32-5)25(17-21)33-6/h9-13,15,17,20,23H,7-8,14,16,18H2,1-6H3,(H,28,31)/t20-,23-/m0/s1. The van der Waals surface area contributed by atoms with Gasteiger partial charge in [-0.1, -0.05) is 44.2 Å². The van der Waals surface area contributed by atoms with E-state index < -0.39 is 6.04 Å². The van der Waals surface area contributed by atoms with Gasteiger partial charge in [0.25, 0.3) is 0 Å². The maximum absolute atomic E-state index is 13.5. The first-order valence-electron chi connectivity index (χ1n) is 11.7. The van der Waals surface area contributed by atoms with Gasteiger partial charge in [0.1, 0.15) is 6.04 Å². The van der Waals surface area contributed by atoms with Crippen molar-refractivity contribution in [3.8, 4) is 11.5 Å². The SMILES string of the molecule is CC[C@H](C)NC(=O)[C@H](CC)N(Cc1ccccc1C)C(=O)CCc1ccc(OC)c(OC)c1. The summed E-state index contributed by atoms with van der Waals surface area (Å²) in [4.78, 5) is 28.3. The number of methoxy groups -OCH3 is 2. The third-order valence-electron chi connectivity index (χ3n) is 6.06. The van der Waals surface area contributed by atoms with Crippen LogP contribution in [0.4, 0.5) is 0 Å². The Balaban J connectivity index is 2.25. The molecule has 2 atom stereocenters. The first-order valence-corrected chi connectivity index (χ1v) is 11.7. The topological polar surface area (TPSA) is 67.9 Å². The van der Waals surface area contributed by atoms with E-state index in [9.17, 15) is 9.59 Å². The largest absolute Gasteiger partial charge is 0.493 e. The molecule has 6 nitrogen and oxygen atoms in total. The highest BCUT2D eigenvalue weighted by atomic mass is 16.5. The second kappa shape index (κ2) is 12.9. The van der Waals surface area contributed by atoms with Crippen molar-refractivity contribution >= 4 is 11.8 Å². The average molecular weight is 455 g/mol. The van der Waals surface area contributed by atoms with Crippen LogP contribution in [-0.2, 0) is 22.6 Å². The zero-order chi connectivity index (χ0) is 24.4. The summed E-state index contributed by atoms with van der Waals surface area (Å²) in [7, 11) is 3.19. The lowest BCUT2D eigenvalue weighted by Gasteiger charge is -2.32. The van der Waals surface area contributed by atoms with Crippen LogP contribution in [-0.4, -0.2) is 43.0 Å². The number of ether oxygens (including phenoxy) is 2. The van der Waals surface area contributed by atoms with Crippen LogP contribution in [0.3, 0.4) is 0 Å². The molecule has 2 rings (SSSR count). The first-order chi connectivity index (χ1) is 15.8. The molecule has 33 heavy (non-hydrogen) atoms. The Morgan fingerprint density at radius 3 is 2.30 bits per heavy atom. The molecule has 0 heterocycles. The lowest BCUT2D eigenvalue weighted by Crippen LogP contribution is -2.50. The molecule has 0 saturated heterocycles. The fourth-order valence-corrected chi connectivity index (χ4v) is 3.76. The summed E-state index contributed by atoms with van der Waals surface area (Å²) in [6, 6.07) is 13.2. The van der Waals surface area contributed by atoms with Crippen LogP contribution in [0.2, 0.25) is 0 Å². The van der Waals surface area contributed by atoms with Gasteiger partial charge in [-0.3, -0.25) is 9.59 Å². The minimum Gasteiger partial charge on any atom is -0.493 e. The Bertz CT molecular complexity index is 928. The van der Waals surface area contributed by atoms with Gasteiger partial charge >= 0.3 is 0 Å². The molecular weight excluding hydrogens is 416 g/mol. The molecule has 0 aliphatic rings. The fraction of sp³-hybridized carbons (Fsp3) is 0.481. The minimum absolute atomic E-state index is 0.0424. The maximum atomic E-state index is 13.5. The molecule has 0 aliphatic heterocycles. The van der Waals surface area contributed by atoms with Gasteiger partial charge in [0, 0.05) is 19.0 Å². The van der Waals surface area contributed by atoms with Crippen LogP contribution >= 0.6 is 0 Å². The quantitative estimate of drug-likeness (QED) is 0.506. The van der Waals surface area contributed by atoms with Gasteiger partial charge in [0.15, 0.2) is 11.5 Å². The van der Waals surface area contributed by atoms with Crippen molar-refractivity contribution in [1.29, 1.82) is 0 Å². The van der Waals surface area contributed by atoms with Crippen LogP contribution in [0.15, 0.2) is 42.5 Å². The van der Waals surface area contributed by atoms with Gasteiger partial charge in [0.2, 0.25) is 11.8 Å². The number of aryl methyl sites for hydroxylation is 2. The summed E-state index contributed by atoms with van der Waals surface area (Å²) in [6.07, 6.45) is 2.24. The summed E-state index contributed by atoms with van der Waals surface area (Å²) in [5, 5.41) is 3.05. The second-order valence-corrected chi connectivity index (χ2v) is 8.38. The zero-order valence-corrected chi connectivity index (χ0v) is 20.8. The average Bonchev–Trinajstić information content (AvgIpc) is 2.83. The van der Waals surface area contributed by atoms with Crippen molar-refractivity contribution in [3.05, 3.63) is 59.2 Å². The Kier molecular flexibility index (Phi) is 10.2. The third kappa shape index (κ3) is 7.24. The van der Waals surface area contributed by atoms with E-state index in [4.69, 9.17) is 9.47 Å². The van der Waals surface area contributed by atoms with E-state index in [0.29, 0.717) is 37.3 Å². The third-order valence-corrected chi connectivity index (χ3v) is 6.06. The molecule has 0 bridgehead atoms. The summed E-state index contributed by atoms with van der Waals surface area (Å²) in [5.74, 6) is 1.15. The van der Waals surface area contributed by atoms with E-state index in [1.807, 2.05) is 70.2 Å². The molecule has 0 radical (unpaired) electrons. The van der Waals surface area contributed by atoms with Crippen LogP contribution in [0, 0.1) is 6.92 Å². The van der Waals surface area contributed by atoms with E-state index in [-0.39, 0.29) is 17.9 Å². The molecule has 2 aromatic rings. The van der Waals surface area contributed by atoms with E-state index in [2.05, 4.69) is 5.32 Å². The molecule has 0 unspecified atom stereocenters. The van der Waals surface area contributed by atoms with E-state index in [1.54, 1.807) is 19.1 Å². The van der Waals surface area contributed by atoms with Crippen molar-refractivity contribution in [1.82, 2.24) is 10.2 Å². The van der Waals surface area contributed by atoms with Gasteiger partial charge < -0.3 is 19.7 Å². The molecule has 2 amide bonds. The van der Waals surface area contributed by atoms with Gasteiger partial charge in [-0.25, -0.2) is 0 Å². The zero-order valence-electron chi connectivity index (χ0n) is 20.8. The number of amides is 2. The van der Waals surface area contributed by atoms with Crippen LogP contribution in [0.25, 0.3) is 0 Å². The summed E-state index contributed by atoms with van der Waals surface area (Å²) >= 11 is 0. The predicted molar refractivity (Wildman–Crippen MR) is 132 cm³/mol. The number of benzene rings is 2. The second-order valence-electron chi connectivity index (χ2n) is 8.38. The molecule has 6 heteroatoms. The number of nitrogens with one attached hydrogen (secondary N) is 1. The molecule has 0 aliphatic carbocycles. The molecule has 0 aromatic heterocycles. The minimum atomic E-state index is -0.517. The van der Waals surface area contributed by atoms with Gasteiger partial charge in [0.05, 0.1) is 14.2 Å². The first kappa shape index (κ1) is 26.2. The highest BCUT2D eigenvalue weighted by Gasteiger charge is 2.29. The van der Waals surface area contributed by atoms with E-state index in [0.717, 1.165) is 23.1 Å². The number of hydrogen-bond acceptors (Lipinski definition) is 4. The molecule has 2 aromatic carbocycles. The van der Waals surface area contributed by atoms with Crippen molar-refractivity contribution in [2.75, 3.05) is 14.2 Å². The Labute approximate surface area is 198 Å². The lowest BCUT2D eigenvalue weighted by atomic mass is 10.0. The number of carbonyl (C=O) groups is 2. The van der Waals surface area contributed by atoms with Crippen molar-refractivity contribution in [2.24, 2.45) is 0 Å². The molecule has 180 valence electrons. The van der Waals surface area contributed by atoms with Crippen LogP contribution in [0.1, 0.15) is 56.7 Å².